The minimum absolute atomic E-state index is 0.000529. The smallest absolute Gasteiger partial charge is 0.283 e. The van der Waals surface area contributed by atoms with E-state index in [1.54, 1.807) is 0 Å². The van der Waals surface area contributed by atoms with Crippen LogP contribution in [-0.2, 0) is 19.0 Å². The van der Waals surface area contributed by atoms with Crippen LogP contribution in [0.25, 0.3) is 0 Å². The molecule has 0 aromatic carbocycles. The SMILES string of the molecule is CCCCCCCCCCCCCCCC1(OCCCCCC)OCC(=O)CO1. The van der Waals surface area contributed by atoms with E-state index in [0.717, 1.165) is 19.3 Å². The van der Waals surface area contributed by atoms with Crippen molar-refractivity contribution in [2.45, 2.75) is 135 Å². The van der Waals surface area contributed by atoms with Gasteiger partial charge in [0.15, 0.2) is 5.78 Å². The number of unbranched alkanes of at least 4 members (excludes halogenated alkanes) is 15. The Balaban J connectivity index is 2.04. The van der Waals surface area contributed by atoms with Gasteiger partial charge in [-0.05, 0) is 12.8 Å². The molecule has 0 aliphatic carbocycles. The van der Waals surface area contributed by atoms with E-state index in [1.165, 1.54) is 96.3 Å². The van der Waals surface area contributed by atoms with Crippen LogP contribution in [0.1, 0.15) is 129 Å². The third-order valence-corrected chi connectivity index (χ3v) is 5.81. The topological polar surface area (TPSA) is 44.8 Å². The summed E-state index contributed by atoms with van der Waals surface area (Å²) < 4.78 is 17.4. The second kappa shape index (κ2) is 18.3. The van der Waals surface area contributed by atoms with E-state index in [1.807, 2.05) is 0 Å². The minimum Gasteiger partial charge on any atom is -0.327 e. The molecule has 1 heterocycles. The Bertz CT molecular complexity index is 373. The van der Waals surface area contributed by atoms with Crippen LogP contribution < -0.4 is 0 Å². The van der Waals surface area contributed by atoms with Crippen molar-refractivity contribution in [2.75, 3.05) is 19.8 Å². The van der Waals surface area contributed by atoms with E-state index < -0.39 is 5.97 Å². The van der Waals surface area contributed by atoms with Crippen LogP contribution in [0.4, 0.5) is 0 Å². The Morgan fingerprint density at radius 1 is 0.655 bits per heavy atom. The second-order valence-electron chi connectivity index (χ2n) is 8.70. The summed E-state index contributed by atoms with van der Waals surface area (Å²) in [6.45, 7) is 5.36. The lowest BCUT2D eigenvalue weighted by molar-refractivity contribution is -0.389. The fourth-order valence-corrected chi connectivity index (χ4v) is 3.88. The lowest BCUT2D eigenvalue weighted by Crippen LogP contribution is -2.47. The molecule has 0 radical (unpaired) electrons. The van der Waals surface area contributed by atoms with Crippen LogP contribution in [0.5, 0.6) is 0 Å². The Morgan fingerprint density at radius 2 is 1.07 bits per heavy atom. The maximum absolute atomic E-state index is 11.4. The molecule has 1 fully saturated rings. The zero-order valence-corrected chi connectivity index (χ0v) is 19.5. The molecule has 0 N–H and O–H groups in total. The second-order valence-corrected chi connectivity index (χ2v) is 8.70. The fraction of sp³-hybridized carbons (Fsp3) is 0.960. The van der Waals surface area contributed by atoms with Gasteiger partial charge in [-0.1, -0.05) is 110 Å². The molecule has 0 aromatic heterocycles. The highest BCUT2D eigenvalue weighted by Gasteiger charge is 2.37. The van der Waals surface area contributed by atoms with Crippen molar-refractivity contribution < 1.29 is 19.0 Å². The van der Waals surface area contributed by atoms with Gasteiger partial charge in [-0.25, -0.2) is 0 Å². The summed E-state index contributed by atoms with van der Waals surface area (Å²) in [5, 5.41) is 0. The van der Waals surface area contributed by atoms with E-state index in [2.05, 4.69) is 13.8 Å². The van der Waals surface area contributed by atoms with E-state index >= 15 is 0 Å². The number of hydrogen-bond acceptors (Lipinski definition) is 4. The number of carbonyl (C=O) groups is 1. The molecule has 0 spiro atoms. The third-order valence-electron chi connectivity index (χ3n) is 5.81. The summed E-state index contributed by atoms with van der Waals surface area (Å²) in [5.74, 6) is -0.974. The Hall–Kier alpha value is -0.450. The first kappa shape index (κ1) is 26.6. The highest BCUT2D eigenvalue weighted by atomic mass is 16.9. The van der Waals surface area contributed by atoms with Gasteiger partial charge in [-0.2, -0.15) is 0 Å². The van der Waals surface area contributed by atoms with Gasteiger partial charge in [-0.3, -0.25) is 4.79 Å². The van der Waals surface area contributed by atoms with Crippen molar-refractivity contribution in [3.05, 3.63) is 0 Å². The average molecular weight is 413 g/mol. The van der Waals surface area contributed by atoms with Crippen molar-refractivity contribution >= 4 is 5.78 Å². The maximum Gasteiger partial charge on any atom is 0.283 e. The van der Waals surface area contributed by atoms with E-state index in [4.69, 9.17) is 14.2 Å². The number of hydrogen-bond donors (Lipinski definition) is 0. The molecule has 172 valence electrons. The Morgan fingerprint density at radius 3 is 1.55 bits per heavy atom. The monoisotopic (exact) mass is 412 g/mol. The summed E-state index contributed by atoms with van der Waals surface area (Å²) in [6.07, 6.45) is 22.7. The zero-order valence-electron chi connectivity index (χ0n) is 19.5. The zero-order chi connectivity index (χ0) is 21.0. The highest BCUT2D eigenvalue weighted by molar-refractivity contribution is 5.81. The molecular formula is C25H48O4. The molecule has 0 atom stereocenters. The van der Waals surface area contributed by atoms with Crippen molar-refractivity contribution in [1.82, 2.24) is 0 Å². The maximum atomic E-state index is 11.4. The van der Waals surface area contributed by atoms with Crippen molar-refractivity contribution in [1.29, 1.82) is 0 Å². The lowest BCUT2D eigenvalue weighted by atomic mass is 10.0. The lowest BCUT2D eigenvalue weighted by Gasteiger charge is -2.36. The normalized spacial score (nSPS) is 16.4. The van der Waals surface area contributed by atoms with Gasteiger partial charge >= 0.3 is 0 Å². The van der Waals surface area contributed by atoms with Gasteiger partial charge in [0.2, 0.25) is 0 Å². The van der Waals surface area contributed by atoms with Crippen LogP contribution in [0, 0.1) is 0 Å². The molecule has 0 unspecified atom stereocenters. The molecule has 0 aromatic rings. The number of carbonyl (C=O) groups excluding carboxylic acids is 1. The summed E-state index contributed by atoms with van der Waals surface area (Å²) in [4.78, 5) is 11.4. The first-order chi connectivity index (χ1) is 14.2. The van der Waals surface area contributed by atoms with Gasteiger partial charge in [0, 0.05) is 6.42 Å². The van der Waals surface area contributed by atoms with Gasteiger partial charge in [-0.15, -0.1) is 0 Å². The van der Waals surface area contributed by atoms with Gasteiger partial charge in [0.25, 0.3) is 5.97 Å². The summed E-state index contributed by atoms with van der Waals surface area (Å²) in [6, 6.07) is 0. The fourth-order valence-electron chi connectivity index (χ4n) is 3.88. The summed E-state index contributed by atoms with van der Waals surface area (Å²) >= 11 is 0. The molecule has 1 aliphatic rings. The van der Waals surface area contributed by atoms with Crippen LogP contribution in [-0.4, -0.2) is 31.6 Å². The molecule has 0 saturated carbocycles. The van der Waals surface area contributed by atoms with Gasteiger partial charge in [0.1, 0.15) is 13.2 Å². The number of rotatable bonds is 20. The third kappa shape index (κ3) is 14.2. The van der Waals surface area contributed by atoms with E-state index in [0.29, 0.717) is 6.61 Å². The molecular weight excluding hydrogens is 364 g/mol. The average Bonchev–Trinajstić information content (AvgIpc) is 2.73. The first-order valence-corrected chi connectivity index (χ1v) is 12.7. The Labute approximate surface area is 180 Å². The highest BCUT2D eigenvalue weighted by Crippen LogP contribution is 2.27. The summed E-state index contributed by atoms with van der Waals surface area (Å²) in [7, 11) is 0. The van der Waals surface area contributed by atoms with E-state index in [-0.39, 0.29) is 19.0 Å². The molecule has 1 saturated heterocycles. The number of ether oxygens (including phenoxy) is 3. The summed E-state index contributed by atoms with van der Waals surface area (Å²) in [5.41, 5.74) is 0. The van der Waals surface area contributed by atoms with Gasteiger partial charge < -0.3 is 14.2 Å². The molecule has 1 aliphatic heterocycles. The van der Waals surface area contributed by atoms with Crippen molar-refractivity contribution in [3.63, 3.8) is 0 Å². The van der Waals surface area contributed by atoms with Crippen LogP contribution in [0.15, 0.2) is 0 Å². The number of ketones is 1. The molecule has 4 heteroatoms. The van der Waals surface area contributed by atoms with Crippen molar-refractivity contribution in [3.8, 4) is 0 Å². The molecule has 0 bridgehead atoms. The molecule has 4 nitrogen and oxygen atoms in total. The van der Waals surface area contributed by atoms with Crippen LogP contribution in [0.2, 0.25) is 0 Å². The molecule has 1 rings (SSSR count). The molecule has 0 amide bonds. The van der Waals surface area contributed by atoms with Crippen LogP contribution >= 0.6 is 0 Å². The van der Waals surface area contributed by atoms with E-state index in [9.17, 15) is 4.79 Å². The first-order valence-electron chi connectivity index (χ1n) is 12.7. The van der Waals surface area contributed by atoms with Gasteiger partial charge in [0.05, 0.1) is 6.61 Å². The standard InChI is InChI=1S/C25H48O4/c1-3-5-7-9-10-11-12-13-14-15-16-17-18-20-25(27-21-19-8-6-4-2)28-22-24(26)23-29-25/h3-23H2,1-2H3. The minimum atomic E-state index is -0.974. The largest absolute Gasteiger partial charge is 0.327 e. The van der Waals surface area contributed by atoms with Crippen LogP contribution in [0.3, 0.4) is 0 Å². The van der Waals surface area contributed by atoms with Crippen molar-refractivity contribution in [2.24, 2.45) is 0 Å². The Kier molecular flexibility index (Phi) is 16.8. The quantitative estimate of drug-likeness (QED) is 0.196. The predicted molar refractivity (Wildman–Crippen MR) is 120 cm³/mol. The molecule has 29 heavy (non-hydrogen) atoms. The predicted octanol–water partition coefficient (Wildman–Crippen LogP) is 7.33. The number of Topliss-reactive ketones (excluding diaryl/α,β-unsaturated/α-hetero) is 1.